The maximum atomic E-state index is 4.35. The molecule has 1 aromatic heterocycles. The zero-order chi connectivity index (χ0) is 11.0. The highest BCUT2D eigenvalue weighted by molar-refractivity contribution is 5.39. The number of anilines is 2. The first-order valence-corrected chi connectivity index (χ1v) is 6.07. The molecular weight excluding hydrogens is 200 g/mol. The van der Waals surface area contributed by atoms with Crippen LogP contribution in [0.25, 0.3) is 0 Å². The average Bonchev–Trinajstić information content (AvgIpc) is 3.01. The summed E-state index contributed by atoms with van der Waals surface area (Å²) >= 11 is 0. The third-order valence-electron chi connectivity index (χ3n) is 4.13. The topological polar surface area (TPSA) is 49.8 Å². The van der Waals surface area contributed by atoms with Crippen molar-refractivity contribution >= 4 is 11.8 Å². The molecule has 4 heteroatoms. The lowest BCUT2D eigenvalue weighted by Gasteiger charge is -2.26. The molecule has 2 fully saturated rings. The van der Waals surface area contributed by atoms with E-state index < -0.39 is 0 Å². The number of aromatic nitrogens is 2. The van der Waals surface area contributed by atoms with Gasteiger partial charge in [0.1, 0.15) is 5.82 Å². The summed E-state index contributed by atoms with van der Waals surface area (Å²) in [5, 5.41) is 6.36. The van der Waals surface area contributed by atoms with Gasteiger partial charge >= 0.3 is 0 Å². The molecule has 0 bridgehead atoms. The largest absolute Gasteiger partial charge is 0.373 e. The molecule has 1 spiro atoms. The van der Waals surface area contributed by atoms with Crippen LogP contribution < -0.4 is 10.6 Å². The molecule has 86 valence electrons. The minimum atomic E-state index is 0.730. The van der Waals surface area contributed by atoms with Gasteiger partial charge in [-0.15, -0.1) is 0 Å². The Balaban J connectivity index is 1.54. The molecule has 2 N–H and O–H groups in total. The number of rotatable bonds is 4. The molecule has 1 atom stereocenters. The molecule has 2 aliphatic rings. The molecular formula is C12H18N4. The molecule has 4 nitrogen and oxygen atoms in total. The molecule has 0 aromatic carbocycles. The minimum Gasteiger partial charge on any atom is -0.373 e. The predicted octanol–water partition coefficient (Wildman–Crippen LogP) is 2.12. The molecule has 3 rings (SSSR count). The van der Waals surface area contributed by atoms with Gasteiger partial charge in [0, 0.05) is 19.8 Å². The Morgan fingerprint density at radius 2 is 2.38 bits per heavy atom. The van der Waals surface area contributed by atoms with Gasteiger partial charge in [-0.1, -0.05) is 6.42 Å². The van der Waals surface area contributed by atoms with E-state index in [1.165, 1.54) is 25.7 Å². The molecule has 0 aliphatic heterocycles. The first-order valence-electron chi connectivity index (χ1n) is 6.07. The van der Waals surface area contributed by atoms with Crippen LogP contribution in [0.4, 0.5) is 11.8 Å². The van der Waals surface area contributed by atoms with E-state index in [-0.39, 0.29) is 0 Å². The first kappa shape index (κ1) is 9.87. The van der Waals surface area contributed by atoms with Gasteiger partial charge in [0.15, 0.2) is 0 Å². The Hall–Kier alpha value is -1.32. The summed E-state index contributed by atoms with van der Waals surface area (Å²) in [6.07, 6.45) is 7.51. The van der Waals surface area contributed by atoms with Crippen molar-refractivity contribution in [1.82, 2.24) is 9.97 Å². The van der Waals surface area contributed by atoms with E-state index in [9.17, 15) is 0 Å². The van der Waals surface area contributed by atoms with Gasteiger partial charge in [0.2, 0.25) is 5.95 Å². The third-order valence-corrected chi connectivity index (χ3v) is 4.13. The van der Waals surface area contributed by atoms with E-state index in [1.807, 2.05) is 13.1 Å². The lowest BCUT2D eigenvalue weighted by Crippen LogP contribution is -2.19. The highest BCUT2D eigenvalue weighted by Gasteiger charge is 2.56. The van der Waals surface area contributed by atoms with Gasteiger partial charge in [0.25, 0.3) is 0 Å². The van der Waals surface area contributed by atoms with Crippen LogP contribution in [0.3, 0.4) is 0 Å². The van der Waals surface area contributed by atoms with E-state index >= 15 is 0 Å². The number of hydrogen-bond donors (Lipinski definition) is 2. The SMILES string of the molecule is CNc1ccnc(NCC2CC23CCC3)n1. The second-order valence-electron chi connectivity index (χ2n) is 5.01. The average molecular weight is 218 g/mol. The molecule has 16 heavy (non-hydrogen) atoms. The third kappa shape index (κ3) is 1.62. The maximum absolute atomic E-state index is 4.35. The summed E-state index contributed by atoms with van der Waals surface area (Å²) in [5.74, 6) is 2.47. The minimum absolute atomic E-state index is 0.730. The Morgan fingerprint density at radius 1 is 1.50 bits per heavy atom. The summed E-state index contributed by atoms with van der Waals surface area (Å²) in [7, 11) is 1.87. The summed E-state index contributed by atoms with van der Waals surface area (Å²) in [5.41, 5.74) is 0.730. The molecule has 0 amide bonds. The van der Waals surface area contributed by atoms with Crippen LogP contribution in [0.15, 0.2) is 12.3 Å². The zero-order valence-corrected chi connectivity index (χ0v) is 9.66. The van der Waals surface area contributed by atoms with Crippen molar-refractivity contribution in [2.24, 2.45) is 11.3 Å². The van der Waals surface area contributed by atoms with E-state index in [0.29, 0.717) is 0 Å². The van der Waals surface area contributed by atoms with Crippen molar-refractivity contribution < 1.29 is 0 Å². The van der Waals surface area contributed by atoms with Gasteiger partial charge in [-0.2, -0.15) is 4.98 Å². The molecule has 0 radical (unpaired) electrons. The fourth-order valence-electron chi connectivity index (χ4n) is 2.76. The van der Waals surface area contributed by atoms with Gasteiger partial charge in [-0.05, 0) is 36.7 Å². The van der Waals surface area contributed by atoms with E-state index in [2.05, 4.69) is 20.6 Å². The molecule has 1 unspecified atom stereocenters. The fourth-order valence-corrected chi connectivity index (χ4v) is 2.76. The van der Waals surface area contributed by atoms with E-state index in [4.69, 9.17) is 0 Å². The molecule has 1 heterocycles. The molecule has 2 saturated carbocycles. The van der Waals surface area contributed by atoms with Crippen LogP contribution in [0, 0.1) is 11.3 Å². The van der Waals surface area contributed by atoms with Crippen LogP contribution in [0.2, 0.25) is 0 Å². The van der Waals surface area contributed by atoms with Crippen molar-refractivity contribution in [3.05, 3.63) is 12.3 Å². The van der Waals surface area contributed by atoms with Crippen LogP contribution in [-0.2, 0) is 0 Å². The summed E-state index contributed by atoms with van der Waals surface area (Å²) in [4.78, 5) is 8.57. The summed E-state index contributed by atoms with van der Waals surface area (Å²) < 4.78 is 0. The van der Waals surface area contributed by atoms with Gasteiger partial charge in [-0.3, -0.25) is 0 Å². The molecule has 1 aromatic rings. The van der Waals surface area contributed by atoms with Crippen LogP contribution in [-0.4, -0.2) is 23.6 Å². The standard InChI is InChI=1S/C12H18N4/c1-13-10-3-6-14-11(16-10)15-8-9-7-12(9)4-2-5-12/h3,6,9H,2,4-5,7-8H2,1H3,(H2,13,14,15,16). The number of hydrogen-bond acceptors (Lipinski definition) is 4. The second-order valence-corrected chi connectivity index (χ2v) is 5.01. The van der Waals surface area contributed by atoms with Crippen molar-refractivity contribution in [3.8, 4) is 0 Å². The lowest BCUT2D eigenvalue weighted by molar-refractivity contribution is 0.262. The molecule has 0 saturated heterocycles. The maximum Gasteiger partial charge on any atom is 0.224 e. The van der Waals surface area contributed by atoms with Crippen molar-refractivity contribution in [3.63, 3.8) is 0 Å². The van der Waals surface area contributed by atoms with Crippen LogP contribution >= 0.6 is 0 Å². The summed E-state index contributed by atoms with van der Waals surface area (Å²) in [6, 6.07) is 1.87. The zero-order valence-electron chi connectivity index (χ0n) is 9.66. The van der Waals surface area contributed by atoms with Gasteiger partial charge in [0.05, 0.1) is 0 Å². The highest BCUT2D eigenvalue weighted by Crippen LogP contribution is 2.65. The Kier molecular flexibility index (Phi) is 2.23. The van der Waals surface area contributed by atoms with E-state index in [1.54, 1.807) is 6.20 Å². The Morgan fingerprint density at radius 3 is 3.00 bits per heavy atom. The number of nitrogens with zero attached hydrogens (tertiary/aromatic N) is 2. The fraction of sp³-hybridized carbons (Fsp3) is 0.667. The van der Waals surface area contributed by atoms with Crippen molar-refractivity contribution in [1.29, 1.82) is 0 Å². The number of nitrogens with one attached hydrogen (secondary N) is 2. The van der Waals surface area contributed by atoms with Crippen LogP contribution in [0.5, 0.6) is 0 Å². The highest BCUT2D eigenvalue weighted by atomic mass is 15.1. The summed E-state index contributed by atoms with van der Waals surface area (Å²) in [6.45, 7) is 1.03. The lowest BCUT2D eigenvalue weighted by atomic mass is 9.80. The Bertz CT molecular complexity index is 386. The van der Waals surface area contributed by atoms with Crippen molar-refractivity contribution in [2.45, 2.75) is 25.7 Å². The van der Waals surface area contributed by atoms with E-state index in [0.717, 1.165) is 29.6 Å². The second kappa shape index (κ2) is 3.61. The smallest absolute Gasteiger partial charge is 0.224 e. The monoisotopic (exact) mass is 218 g/mol. The first-order chi connectivity index (χ1) is 7.82. The van der Waals surface area contributed by atoms with Crippen molar-refractivity contribution in [2.75, 3.05) is 24.2 Å². The van der Waals surface area contributed by atoms with Gasteiger partial charge < -0.3 is 10.6 Å². The van der Waals surface area contributed by atoms with Gasteiger partial charge in [-0.25, -0.2) is 4.98 Å². The quantitative estimate of drug-likeness (QED) is 0.812. The Labute approximate surface area is 95.9 Å². The predicted molar refractivity (Wildman–Crippen MR) is 64.5 cm³/mol. The van der Waals surface area contributed by atoms with Crippen LogP contribution in [0.1, 0.15) is 25.7 Å². The molecule has 2 aliphatic carbocycles. The normalized spacial score (nSPS) is 24.9.